The zero-order valence-corrected chi connectivity index (χ0v) is 14.3. The van der Waals surface area contributed by atoms with E-state index >= 15 is 0 Å². The average Bonchev–Trinajstić information content (AvgIpc) is 3.21. The number of allylic oxidation sites excluding steroid dienone is 2. The molecule has 1 aromatic heterocycles. The van der Waals surface area contributed by atoms with Crippen LogP contribution in [0.3, 0.4) is 0 Å². The van der Waals surface area contributed by atoms with Gasteiger partial charge in [0.05, 0.1) is 21.4 Å². The molecule has 0 saturated carbocycles. The number of rotatable bonds is 6. The Morgan fingerprint density at radius 2 is 2.42 bits per heavy atom. The van der Waals surface area contributed by atoms with E-state index in [1.165, 1.54) is 11.3 Å². The van der Waals surface area contributed by atoms with Gasteiger partial charge < -0.3 is 10.1 Å². The third kappa shape index (κ3) is 3.23. The molecular weight excluding hydrogens is 322 g/mol. The fourth-order valence-electron chi connectivity index (χ4n) is 2.78. The molecule has 1 aromatic carbocycles. The second-order valence-electron chi connectivity index (χ2n) is 5.71. The minimum atomic E-state index is -0.0759. The van der Waals surface area contributed by atoms with Crippen molar-refractivity contribution >= 4 is 39.9 Å². The maximum Gasteiger partial charge on any atom is 0.220 e. The Labute approximate surface area is 144 Å². The molecule has 2 unspecified atom stereocenters. The van der Waals surface area contributed by atoms with Crippen LogP contribution in [-0.4, -0.2) is 30.3 Å². The van der Waals surface area contributed by atoms with Gasteiger partial charge in [-0.1, -0.05) is 12.7 Å². The summed E-state index contributed by atoms with van der Waals surface area (Å²) in [5, 5.41) is 2.85. The van der Waals surface area contributed by atoms with Gasteiger partial charge in [-0.2, -0.15) is 0 Å². The highest BCUT2D eigenvalue weighted by Gasteiger charge is 2.28. The Balaban J connectivity index is 1.95. The van der Waals surface area contributed by atoms with Crippen LogP contribution >= 0.6 is 11.3 Å². The van der Waals surface area contributed by atoms with E-state index in [-0.39, 0.29) is 17.9 Å². The first-order valence-electron chi connectivity index (χ1n) is 7.72. The van der Waals surface area contributed by atoms with Crippen LogP contribution in [0.4, 0.5) is 0 Å². The molecule has 1 amide bonds. The molecule has 1 fully saturated rings. The van der Waals surface area contributed by atoms with Gasteiger partial charge in [-0.05, 0) is 31.9 Å². The summed E-state index contributed by atoms with van der Waals surface area (Å²) in [5.74, 6) is 1.01. The second kappa shape index (κ2) is 6.97. The third-order valence-electron chi connectivity index (χ3n) is 4.13. The predicted octanol–water partition coefficient (Wildman–Crippen LogP) is 3.43. The molecule has 24 heavy (non-hydrogen) atoms. The fourth-order valence-corrected chi connectivity index (χ4v) is 3.51. The number of carbonyl (C=O) groups is 1. The Hall–Kier alpha value is -2.47. The van der Waals surface area contributed by atoms with E-state index in [1.807, 2.05) is 19.1 Å². The van der Waals surface area contributed by atoms with Gasteiger partial charge in [-0.3, -0.25) is 9.79 Å². The Bertz CT molecular complexity index is 825. The van der Waals surface area contributed by atoms with E-state index in [1.54, 1.807) is 17.7 Å². The first-order chi connectivity index (χ1) is 11.6. The van der Waals surface area contributed by atoms with Crippen molar-refractivity contribution in [3.63, 3.8) is 0 Å². The quantitative estimate of drug-likeness (QED) is 0.647. The number of hydrogen-bond acceptors (Lipinski definition) is 5. The highest BCUT2D eigenvalue weighted by molar-refractivity contribution is 7.17. The summed E-state index contributed by atoms with van der Waals surface area (Å²) in [4.78, 5) is 19.9. The van der Waals surface area contributed by atoms with E-state index in [4.69, 9.17) is 4.74 Å². The minimum Gasteiger partial charge on any atom is -0.489 e. The molecule has 2 heterocycles. The second-order valence-corrected chi connectivity index (χ2v) is 6.57. The van der Waals surface area contributed by atoms with E-state index in [9.17, 15) is 4.79 Å². The van der Waals surface area contributed by atoms with Crippen LogP contribution in [0.2, 0.25) is 0 Å². The smallest absolute Gasteiger partial charge is 0.220 e. The molecule has 2 atom stereocenters. The lowest BCUT2D eigenvalue weighted by Crippen LogP contribution is -2.25. The van der Waals surface area contributed by atoms with Crippen LogP contribution in [0.5, 0.6) is 5.75 Å². The van der Waals surface area contributed by atoms with Crippen LogP contribution in [0.1, 0.15) is 18.9 Å². The molecule has 0 radical (unpaired) electrons. The number of fused-ring (bicyclic) bond motifs is 1. The standard InChI is InChI=1S/C18H19N3O2S/c1-4-5-14(19-3)12-6-15-18(24-10-21-15)16(7-12)23-11(2)13-8-17(22)20-9-13/h4-7,10-11,13H,1,3,8-9H2,2H3,(H,20,22). The van der Waals surface area contributed by atoms with Crippen molar-refractivity contribution in [2.75, 3.05) is 6.54 Å². The maximum absolute atomic E-state index is 11.4. The zero-order chi connectivity index (χ0) is 17.1. The fraction of sp³-hybridized carbons (Fsp3) is 0.278. The van der Waals surface area contributed by atoms with Crippen LogP contribution in [0.15, 0.2) is 41.4 Å². The molecule has 0 aliphatic carbocycles. The highest BCUT2D eigenvalue weighted by atomic mass is 32.1. The third-order valence-corrected chi connectivity index (χ3v) is 4.98. The van der Waals surface area contributed by atoms with E-state index < -0.39 is 0 Å². The molecule has 3 rings (SSSR count). The number of aromatic nitrogens is 1. The molecule has 1 aliphatic heterocycles. The van der Waals surface area contributed by atoms with Crippen molar-refractivity contribution in [2.24, 2.45) is 10.9 Å². The van der Waals surface area contributed by atoms with Gasteiger partial charge in [0.15, 0.2) is 0 Å². The van der Waals surface area contributed by atoms with Gasteiger partial charge in [-0.15, -0.1) is 11.3 Å². The summed E-state index contributed by atoms with van der Waals surface area (Å²) in [6, 6.07) is 3.92. The monoisotopic (exact) mass is 341 g/mol. The highest BCUT2D eigenvalue weighted by Crippen LogP contribution is 2.35. The molecule has 6 heteroatoms. The summed E-state index contributed by atoms with van der Waals surface area (Å²) in [5.41, 5.74) is 4.25. The summed E-state index contributed by atoms with van der Waals surface area (Å²) < 4.78 is 7.19. The zero-order valence-electron chi connectivity index (χ0n) is 13.5. The average molecular weight is 341 g/mol. The normalized spacial score (nSPS) is 19.1. The molecule has 1 saturated heterocycles. The molecule has 124 valence electrons. The van der Waals surface area contributed by atoms with Crippen molar-refractivity contribution in [3.8, 4) is 5.75 Å². The van der Waals surface area contributed by atoms with Gasteiger partial charge in [0.2, 0.25) is 5.91 Å². The van der Waals surface area contributed by atoms with Gasteiger partial charge in [0.1, 0.15) is 11.9 Å². The number of aliphatic imine (C=N–C) groups is 1. The Morgan fingerprint density at radius 1 is 1.58 bits per heavy atom. The van der Waals surface area contributed by atoms with Crippen molar-refractivity contribution in [2.45, 2.75) is 19.4 Å². The Morgan fingerprint density at radius 3 is 3.08 bits per heavy atom. The van der Waals surface area contributed by atoms with Gasteiger partial charge in [0, 0.05) is 24.4 Å². The predicted molar refractivity (Wildman–Crippen MR) is 98.5 cm³/mol. The summed E-state index contributed by atoms with van der Waals surface area (Å²) in [7, 11) is 0. The number of amides is 1. The van der Waals surface area contributed by atoms with Gasteiger partial charge in [0.25, 0.3) is 0 Å². The van der Waals surface area contributed by atoms with Crippen LogP contribution in [0.25, 0.3) is 15.9 Å². The minimum absolute atomic E-state index is 0.0759. The first kappa shape index (κ1) is 16.4. The summed E-state index contributed by atoms with van der Waals surface area (Å²) >= 11 is 1.54. The molecular formula is C18H19N3O2S. The van der Waals surface area contributed by atoms with Crippen LogP contribution < -0.4 is 10.1 Å². The van der Waals surface area contributed by atoms with Gasteiger partial charge in [-0.25, -0.2) is 4.98 Å². The molecule has 0 spiro atoms. The lowest BCUT2D eigenvalue weighted by molar-refractivity contribution is -0.119. The van der Waals surface area contributed by atoms with E-state index in [0.717, 1.165) is 27.2 Å². The van der Waals surface area contributed by atoms with E-state index in [2.05, 4.69) is 28.6 Å². The summed E-state index contributed by atoms with van der Waals surface area (Å²) in [6.45, 7) is 9.97. The number of nitrogens with one attached hydrogen (secondary N) is 1. The van der Waals surface area contributed by atoms with E-state index in [0.29, 0.717) is 13.0 Å². The molecule has 0 bridgehead atoms. The number of ether oxygens (including phenoxy) is 1. The van der Waals surface area contributed by atoms with Crippen molar-refractivity contribution in [1.29, 1.82) is 0 Å². The maximum atomic E-state index is 11.4. The number of benzene rings is 1. The number of nitrogens with zero attached hydrogens (tertiary/aromatic N) is 2. The number of carbonyl (C=O) groups excluding carboxylic acids is 1. The lowest BCUT2D eigenvalue weighted by atomic mass is 10.0. The summed E-state index contributed by atoms with van der Waals surface area (Å²) in [6.07, 6.45) is 3.90. The SMILES string of the molecule is C=CC=C(N=C)c1cc(OC(C)C2CNC(=O)C2)c2scnc2c1. The molecule has 1 N–H and O–H groups in total. The van der Waals surface area contributed by atoms with Crippen molar-refractivity contribution < 1.29 is 9.53 Å². The molecule has 2 aromatic rings. The van der Waals surface area contributed by atoms with Crippen molar-refractivity contribution in [3.05, 3.63) is 41.9 Å². The van der Waals surface area contributed by atoms with Gasteiger partial charge >= 0.3 is 0 Å². The van der Waals surface area contributed by atoms with Crippen molar-refractivity contribution in [1.82, 2.24) is 10.3 Å². The molecule has 1 aliphatic rings. The Kier molecular flexibility index (Phi) is 4.76. The largest absolute Gasteiger partial charge is 0.489 e. The molecule has 5 nitrogen and oxygen atoms in total. The first-order valence-corrected chi connectivity index (χ1v) is 8.60. The number of thiazole rings is 1. The topological polar surface area (TPSA) is 63.6 Å². The number of hydrogen-bond donors (Lipinski definition) is 1. The van der Waals surface area contributed by atoms with Crippen LogP contribution in [0, 0.1) is 5.92 Å². The van der Waals surface area contributed by atoms with Crippen LogP contribution in [-0.2, 0) is 4.79 Å². The lowest BCUT2D eigenvalue weighted by Gasteiger charge is -2.20.